The number of carbonyl (C=O) groups excluding carboxylic acids is 1. The molecule has 0 unspecified atom stereocenters. The second-order valence-electron chi connectivity index (χ2n) is 9.40. The van der Waals surface area contributed by atoms with Gasteiger partial charge in [0.2, 0.25) is 0 Å². The number of imidazole rings is 1. The molecule has 0 aromatic carbocycles. The van der Waals surface area contributed by atoms with Gasteiger partial charge < -0.3 is 15.4 Å². The number of likely N-dealkylation sites (tertiary alicyclic amines) is 1. The summed E-state index contributed by atoms with van der Waals surface area (Å²) in [5.74, 6) is 0.428. The quantitative estimate of drug-likeness (QED) is 0.269. The summed E-state index contributed by atoms with van der Waals surface area (Å²) in [7, 11) is 1.67. The molecule has 5 aromatic rings. The molecular formula is C28H35FN10OS. The third-order valence-corrected chi connectivity index (χ3v) is 7.28. The van der Waals surface area contributed by atoms with Crippen LogP contribution in [0.2, 0.25) is 0 Å². The zero-order valence-corrected chi connectivity index (χ0v) is 24.4. The third kappa shape index (κ3) is 7.50. The first-order valence-corrected chi connectivity index (χ1v) is 14.2. The minimum absolute atomic E-state index is 0.319. The number of hydrogen-bond donors (Lipinski definition) is 2. The van der Waals surface area contributed by atoms with Crippen molar-refractivity contribution in [3.05, 3.63) is 66.5 Å². The molecule has 6 rings (SSSR count). The number of piperidine rings is 1. The number of rotatable bonds is 7. The van der Waals surface area contributed by atoms with Crippen LogP contribution >= 0.6 is 11.5 Å². The molecule has 0 aliphatic carbocycles. The monoisotopic (exact) mass is 578 g/mol. The molecule has 0 spiro atoms. The summed E-state index contributed by atoms with van der Waals surface area (Å²) in [6.07, 6.45) is 14.5. The summed E-state index contributed by atoms with van der Waals surface area (Å²) in [6, 6.07) is 3.71. The van der Waals surface area contributed by atoms with Gasteiger partial charge in [0.05, 0.1) is 41.4 Å². The average Bonchev–Trinajstić information content (AvgIpc) is 3.75. The van der Waals surface area contributed by atoms with E-state index in [0.717, 1.165) is 52.2 Å². The van der Waals surface area contributed by atoms with Crippen molar-refractivity contribution in [2.45, 2.75) is 46.2 Å². The van der Waals surface area contributed by atoms with Crippen LogP contribution in [0.1, 0.15) is 37.6 Å². The maximum absolute atomic E-state index is 12.5. The topological polar surface area (TPSA) is 118 Å². The highest BCUT2D eigenvalue weighted by Crippen LogP contribution is 2.28. The van der Waals surface area contributed by atoms with Crippen LogP contribution in [0.5, 0.6) is 0 Å². The highest BCUT2D eigenvalue weighted by Gasteiger charge is 2.16. The van der Waals surface area contributed by atoms with Crippen molar-refractivity contribution >= 4 is 40.5 Å². The van der Waals surface area contributed by atoms with Crippen molar-refractivity contribution in [3.63, 3.8) is 0 Å². The lowest BCUT2D eigenvalue weighted by Crippen LogP contribution is -2.29. The van der Waals surface area contributed by atoms with Gasteiger partial charge in [-0.1, -0.05) is 6.42 Å². The van der Waals surface area contributed by atoms with Gasteiger partial charge in [-0.25, -0.2) is 14.4 Å². The standard InChI is InChI=1S/C21H26N8S.C6H7FN2.CH2O/c1-3-28-13-16(10-23-28)18-11-22-21-20(24-15(2)12-29(18)21)25-19-9-17(26-30-19)14-27-7-5-4-6-8-27;1-8-6-2-3-9-4-5(6)7;1-2/h9-13H,3-8,14H2,1-2H3,(H,24,25);2-4H,1H3,(H,8,9);1H2. The number of nitrogens with zero attached hydrogens (tertiary/aromatic N) is 8. The molecule has 0 radical (unpaired) electrons. The minimum atomic E-state index is -0.319. The van der Waals surface area contributed by atoms with Crippen molar-refractivity contribution in [1.82, 2.24) is 38.4 Å². The fourth-order valence-corrected chi connectivity index (χ4v) is 5.22. The summed E-state index contributed by atoms with van der Waals surface area (Å²) in [5.41, 5.74) is 5.36. The number of aryl methyl sites for hydroxylation is 2. The van der Waals surface area contributed by atoms with Crippen molar-refractivity contribution < 1.29 is 9.18 Å². The van der Waals surface area contributed by atoms with Gasteiger partial charge >= 0.3 is 0 Å². The van der Waals surface area contributed by atoms with Crippen molar-refractivity contribution in [3.8, 4) is 11.3 Å². The number of hydrogen-bond acceptors (Lipinski definition) is 10. The van der Waals surface area contributed by atoms with E-state index in [-0.39, 0.29) is 5.82 Å². The highest BCUT2D eigenvalue weighted by atomic mass is 32.1. The summed E-state index contributed by atoms with van der Waals surface area (Å²) >= 11 is 1.48. The Morgan fingerprint density at radius 3 is 2.61 bits per heavy atom. The molecule has 6 heterocycles. The molecule has 0 bridgehead atoms. The first-order chi connectivity index (χ1) is 20.0. The largest absolute Gasteiger partial charge is 0.386 e. The highest BCUT2D eigenvalue weighted by molar-refractivity contribution is 7.10. The van der Waals surface area contributed by atoms with E-state index in [1.165, 1.54) is 56.3 Å². The Kier molecular flexibility index (Phi) is 10.5. The first-order valence-electron chi connectivity index (χ1n) is 13.4. The van der Waals surface area contributed by atoms with E-state index in [1.54, 1.807) is 13.1 Å². The van der Waals surface area contributed by atoms with Gasteiger partial charge in [-0.15, -0.1) is 0 Å². The van der Waals surface area contributed by atoms with E-state index in [0.29, 0.717) is 5.69 Å². The number of aromatic nitrogens is 7. The molecule has 1 aliphatic rings. The smallest absolute Gasteiger partial charge is 0.180 e. The molecule has 41 heavy (non-hydrogen) atoms. The van der Waals surface area contributed by atoms with E-state index >= 15 is 0 Å². The number of halogens is 1. The minimum Gasteiger partial charge on any atom is -0.386 e. The Morgan fingerprint density at radius 1 is 1.12 bits per heavy atom. The molecule has 1 fully saturated rings. The lowest BCUT2D eigenvalue weighted by Gasteiger charge is -2.25. The maximum Gasteiger partial charge on any atom is 0.180 e. The fraction of sp³-hybridized carbons (Fsp3) is 0.357. The maximum atomic E-state index is 12.5. The molecule has 216 valence electrons. The van der Waals surface area contributed by atoms with Gasteiger partial charge in [0.1, 0.15) is 11.8 Å². The van der Waals surface area contributed by atoms with E-state index in [2.05, 4.69) is 52.4 Å². The van der Waals surface area contributed by atoms with Crippen molar-refractivity contribution in [1.29, 1.82) is 0 Å². The van der Waals surface area contributed by atoms with Gasteiger partial charge in [-0.3, -0.25) is 19.0 Å². The third-order valence-electron chi connectivity index (χ3n) is 6.54. The Morgan fingerprint density at radius 2 is 1.93 bits per heavy atom. The first kappa shape index (κ1) is 29.7. The predicted molar refractivity (Wildman–Crippen MR) is 160 cm³/mol. The van der Waals surface area contributed by atoms with Crippen LogP contribution in [0.25, 0.3) is 16.9 Å². The fourth-order valence-electron chi connectivity index (χ4n) is 4.56. The Labute approximate surface area is 242 Å². The molecule has 11 nitrogen and oxygen atoms in total. The van der Waals surface area contributed by atoms with Crippen LogP contribution in [0, 0.1) is 12.7 Å². The van der Waals surface area contributed by atoms with Gasteiger partial charge in [0.15, 0.2) is 17.3 Å². The van der Waals surface area contributed by atoms with Gasteiger partial charge in [-0.05, 0) is 63.4 Å². The molecule has 2 N–H and O–H groups in total. The molecule has 13 heteroatoms. The van der Waals surface area contributed by atoms with E-state index in [4.69, 9.17) is 9.78 Å². The molecule has 0 saturated carbocycles. The molecule has 0 amide bonds. The lowest BCUT2D eigenvalue weighted by atomic mass is 10.1. The number of anilines is 3. The predicted octanol–water partition coefficient (Wildman–Crippen LogP) is 5.18. The summed E-state index contributed by atoms with van der Waals surface area (Å²) < 4.78 is 21.1. The second-order valence-corrected chi connectivity index (χ2v) is 10.2. The zero-order valence-electron chi connectivity index (χ0n) is 23.5. The van der Waals surface area contributed by atoms with Crippen LogP contribution in [0.15, 0.2) is 49.3 Å². The van der Waals surface area contributed by atoms with Crippen LogP contribution in [0.4, 0.5) is 20.9 Å². The zero-order chi connectivity index (χ0) is 29.2. The Bertz CT molecular complexity index is 1540. The summed E-state index contributed by atoms with van der Waals surface area (Å²) in [6.45, 7) is 10.2. The molecule has 0 atom stereocenters. The Hall–Kier alpha value is -4.23. The summed E-state index contributed by atoms with van der Waals surface area (Å²) in [4.78, 5) is 23.4. The Balaban J connectivity index is 0.000000299. The van der Waals surface area contributed by atoms with E-state index in [9.17, 15) is 4.39 Å². The average molecular weight is 579 g/mol. The van der Waals surface area contributed by atoms with Crippen LogP contribution < -0.4 is 10.6 Å². The summed E-state index contributed by atoms with van der Waals surface area (Å²) in [5, 5.41) is 11.5. The van der Waals surface area contributed by atoms with Gasteiger partial charge in [0, 0.05) is 44.3 Å². The number of fused-ring (bicyclic) bond motifs is 1. The number of carbonyl (C=O) groups is 1. The van der Waals surface area contributed by atoms with Gasteiger partial charge in [0.25, 0.3) is 0 Å². The van der Waals surface area contributed by atoms with Crippen LogP contribution in [0.3, 0.4) is 0 Å². The van der Waals surface area contributed by atoms with Crippen LogP contribution in [-0.4, -0.2) is 65.3 Å². The molecular weight excluding hydrogens is 543 g/mol. The van der Waals surface area contributed by atoms with Crippen molar-refractivity contribution in [2.75, 3.05) is 30.8 Å². The van der Waals surface area contributed by atoms with Crippen molar-refractivity contribution in [2.24, 2.45) is 0 Å². The number of pyridine rings is 1. The number of nitrogens with one attached hydrogen (secondary N) is 2. The van der Waals surface area contributed by atoms with Gasteiger partial charge in [-0.2, -0.15) is 9.47 Å². The molecule has 1 aliphatic heterocycles. The van der Waals surface area contributed by atoms with Crippen LogP contribution in [-0.2, 0) is 17.9 Å². The van der Waals surface area contributed by atoms with E-state index < -0.39 is 0 Å². The SMILES string of the molecule is C=O.CCn1cc(-c2cnc3c(Nc4cc(CN5CCCCC5)ns4)nc(C)cn23)cn1.CNc1ccncc1F. The normalized spacial score (nSPS) is 13.2. The second kappa shape index (κ2) is 14.4. The molecule has 5 aromatic heterocycles. The van der Waals surface area contributed by atoms with E-state index in [1.807, 2.05) is 43.2 Å². The lowest BCUT2D eigenvalue weighted by molar-refractivity contribution is -0.0980. The molecule has 1 saturated heterocycles.